The molecule has 1 atom stereocenters. The molecule has 2 rings (SSSR count). The minimum Gasteiger partial charge on any atom is -0.326 e. The van der Waals surface area contributed by atoms with E-state index in [0.29, 0.717) is 0 Å². The van der Waals surface area contributed by atoms with Crippen molar-refractivity contribution in [3.63, 3.8) is 0 Å². The van der Waals surface area contributed by atoms with Crippen LogP contribution in [0.25, 0.3) is 0 Å². The molecule has 0 fully saturated rings. The van der Waals surface area contributed by atoms with Crippen LogP contribution in [0.2, 0.25) is 0 Å². The molecule has 0 spiro atoms. The maximum absolute atomic E-state index is 6.16. The first-order valence-corrected chi connectivity index (χ1v) is 6.19. The van der Waals surface area contributed by atoms with Crippen molar-refractivity contribution in [2.45, 2.75) is 17.7 Å². The fourth-order valence-electron chi connectivity index (χ4n) is 2.08. The van der Waals surface area contributed by atoms with Crippen LogP contribution in [0, 0.1) is 0 Å². The number of nitrogens with two attached hydrogens (primary N) is 1. The van der Waals surface area contributed by atoms with Gasteiger partial charge in [-0.15, -0.1) is 0 Å². The predicted octanol–water partition coefficient (Wildman–Crippen LogP) is 3.21. The highest BCUT2D eigenvalue weighted by molar-refractivity contribution is 7.81. The third-order valence-corrected chi connectivity index (χ3v) is 4.01. The Bertz CT molecular complexity index is 425. The Kier molecular flexibility index (Phi) is 3.55. The zero-order chi connectivity index (χ0) is 12.3. The van der Waals surface area contributed by atoms with E-state index in [-0.39, 0.29) is 6.04 Å². The normalized spacial score (nSPS) is 13.4. The van der Waals surface area contributed by atoms with Crippen molar-refractivity contribution in [2.75, 3.05) is 0 Å². The predicted molar refractivity (Wildman–Crippen MR) is 76.3 cm³/mol. The van der Waals surface area contributed by atoms with Gasteiger partial charge in [0.1, 0.15) is 0 Å². The molecule has 0 aromatic heterocycles. The van der Waals surface area contributed by atoms with Crippen molar-refractivity contribution in [3.8, 4) is 0 Å². The van der Waals surface area contributed by atoms with E-state index in [4.69, 9.17) is 18.4 Å². The molecular weight excluding hydrogens is 226 g/mol. The lowest BCUT2D eigenvalue weighted by Gasteiger charge is -2.33. The van der Waals surface area contributed by atoms with Gasteiger partial charge in [0.2, 0.25) is 0 Å². The standard InChI is InChI=1S/C15H17NS/c1-12(16)15(17,13-8-4-2-5-9-13)14-10-6-3-7-11-14/h2-12,17H,16H2,1H3/t12-/m0/s1. The van der Waals surface area contributed by atoms with Gasteiger partial charge in [-0.25, -0.2) is 0 Å². The second kappa shape index (κ2) is 4.94. The minimum absolute atomic E-state index is 0.0735. The monoisotopic (exact) mass is 243 g/mol. The van der Waals surface area contributed by atoms with E-state index in [9.17, 15) is 0 Å². The average Bonchev–Trinajstić information content (AvgIpc) is 2.39. The van der Waals surface area contributed by atoms with Gasteiger partial charge >= 0.3 is 0 Å². The molecule has 0 radical (unpaired) electrons. The summed E-state index contributed by atoms with van der Waals surface area (Å²) >= 11 is 4.87. The van der Waals surface area contributed by atoms with Gasteiger partial charge < -0.3 is 5.73 Å². The zero-order valence-electron chi connectivity index (χ0n) is 9.88. The van der Waals surface area contributed by atoms with Gasteiger partial charge in [0.05, 0.1) is 4.75 Å². The number of rotatable bonds is 3. The molecule has 0 aliphatic heterocycles. The molecule has 0 heterocycles. The van der Waals surface area contributed by atoms with Crippen molar-refractivity contribution in [3.05, 3.63) is 71.8 Å². The Morgan fingerprint density at radius 3 is 1.53 bits per heavy atom. The van der Waals surface area contributed by atoms with Gasteiger partial charge in [-0.3, -0.25) is 0 Å². The first kappa shape index (κ1) is 12.2. The van der Waals surface area contributed by atoms with Crippen LogP contribution < -0.4 is 5.73 Å². The van der Waals surface area contributed by atoms with Crippen LogP contribution in [-0.4, -0.2) is 6.04 Å². The van der Waals surface area contributed by atoms with E-state index < -0.39 is 4.75 Å². The summed E-state index contributed by atoms with van der Waals surface area (Å²) < 4.78 is -0.442. The highest BCUT2D eigenvalue weighted by Gasteiger charge is 2.33. The Balaban J connectivity index is 2.55. The van der Waals surface area contributed by atoms with Crippen LogP contribution in [-0.2, 0) is 4.75 Å². The second-order valence-electron chi connectivity index (χ2n) is 4.29. The van der Waals surface area contributed by atoms with Gasteiger partial charge in [0.25, 0.3) is 0 Å². The lowest BCUT2D eigenvalue weighted by molar-refractivity contribution is 0.599. The van der Waals surface area contributed by atoms with Crippen LogP contribution >= 0.6 is 12.6 Å². The van der Waals surface area contributed by atoms with E-state index in [2.05, 4.69) is 24.3 Å². The van der Waals surface area contributed by atoms with Crippen molar-refractivity contribution in [1.82, 2.24) is 0 Å². The SMILES string of the molecule is C[C@H](N)C(S)(c1ccccc1)c1ccccc1. The number of thiol groups is 1. The van der Waals surface area contributed by atoms with E-state index in [1.165, 1.54) is 0 Å². The molecule has 1 nitrogen and oxygen atoms in total. The molecule has 0 saturated heterocycles. The third-order valence-electron chi connectivity index (χ3n) is 3.09. The molecule has 0 bridgehead atoms. The summed E-state index contributed by atoms with van der Waals surface area (Å²) in [4.78, 5) is 0. The molecule has 0 aliphatic rings. The summed E-state index contributed by atoms with van der Waals surface area (Å²) in [6.07, 6.45) is 0. The van der Waals surface area contributed by atoms with Gasteiger partial charge in [0, 0.05) is 6.04 Å². The molecule has 17 heavy (non-hydrogen) atoms. The van der Waals surface area contributed by atoms with Crippen LogP contribution in [0.4, 0.5) is 0 Å². The maximum Gasteiger partial charge on any atom is 0.0774 e. The Morgan fingerprint density at radius 2 is 1.24 bits per heavy atom. The van der Waals surface area contributed by atoms with E-state index in [1.807, 2.05) is 43.3 Å². The topological polar surface area (TPSA) is 26.0 Å². The molecule has 0 amide bonds. The Hall–Kier alpha value is -1.25. The van der Waals surface area contributed by atoms with Crippen LogP contribution in [0.15, 0.2) is 60.7 Å². The van der Waals surface area contributed by atoms with Gasteiger partial charge in [-0.05, 0) is 18.1 Å². The molecule has 88 valence electrons. The van der Waals surface area contributed by atoms with Crippen LogP contribution in [0.5, 0.6) is 0 Å². The van der Waals surface area contributed by atoms with Crippen LogP contribution in [0.3, 0.4) is 0 Å². The molecule has 0 aliphatic carbocycles. The molecule has 2 aromatic carbocycles. The third kappa shape index (κ3) is 2.24. The molecular formula is C15H17NS. The molecule has 2 heteroatoms. The highest BCUT2D eigenvalue weighted by Crippen LogP contribution is 2.38. The fourth-order valence-corrected chi connectivity index (χ4v) is 2.38. The average molecular weight is 243 g/mol. The van der Waals surface area contributed by atoms with E-state index >= 15 is 0 Å². The lowest BCUT2D eigenvalue weighted by Crippen LogP contribution is -2.39. The second-order valence-corrected chi connectivity index (χ2v) is 4.99. The van der Waals surface area contributed by atoms with Crippen molar-refractivity contribution >= 4 is 12.6 Å². The van der Waals surface area contributed by atoms with Crippen molar-refractivity contribution in [2.24, 2.45) is 5.73 Å². The summed E-state index contributed by atoms with van der Waals surface area (Å²) in [6, 6.07) is 20.3. The van der Waals surface area contributed by atoms with Crippen LogP contribution in [0.1, 0.15) is 18.1 Å². The van der Waals surface area contributed by atoms with E-state index in [0.717, 1.165) is 11.1 Å². The number of hydrogen-bond acceptors (Lipinski definition) is 2. The summed E-state index contributed by atoms with van der Waals surface area (Å²) in [5.74, 6) is 0. The smallest absolute Gasteiger partial charge is 0.0774 e. The quantitative estimate of drug-likeness (QED) is 0.795. The molecule has 0 saturated carbocycles. The molecule has 2 aromatic rings. The van der Waals surface area contributed by atoms with Gasteiger partial charge in [-0.1, -0.05) is 60.7 Å². The maximum atomic E-state index is 6.16. The minimum atomic E-state index is -0.442. The summed E-state index contributed by atoms with van der Waals surface area (Å²) in [5.41, 5.74) is 8.42. The first-order chi connectivity index (χ1) is 8.15. The van der Waals surface area contributed by atoms with E-state index in [1.54, 1.807) is 0 Å². The fraction of sp³-hybridized carbons (Fsp3) is 0.200. The lowest BCUT2D eigenvalue weighted by atomic mass is 9.85. The summed E-state index contributed by atoms with van der Waals surface area (Å²) in [6.45, 7) is 1.99. The molecule has 0 unspecified atom stereocenters. The number of hydrogen-bond donors (Lipinski definition) is 2. The van der Waals surface area contributed by atoms with Gasteiger partial charge in [-0.2, -0.15) is 12.6 Å². The summed E-state index contributed by atoms with van der Waals surface area (Å²) in [5, 5.41) is 0. The largest absolute Gasteiger partial charge is 0.326 e. The Labute approximate surface area is 108 Å². The first-order valence-electron chi connectivity index (χ1n) is 5.74. The van der Waals surface area contributed by atoms with Crippen molar-refractivity contribution < 1.29 is 0 Å². The van der Waals surface area contributed by atoms with Gasteiger partial charge in [0.15, 0.2) is 0 Å². The number of benzene rings is 2. The zero-order valence-corrected chi connectivity index (χ0v) is 10.8. The Morgan fingerprint density at radius 1 is 0.882 bits per heavy atom. The summed E-state index contributed by atoms with van der Waals surface area (Å²) in [7, 11) is 0. The highest BCUT2D eigenvalue weighted by atomic mass is 32.1. The molecule has 2 N–H and O–H groups in total. The van der Waals surface area contributed by atoms with Crippen molar-refractivity contribution in [1.29, 1.82) is 0 Å².